The zero-order chi connectivity index (χ0) is 11.3. The van der Waals surface area contributed by atoms with Crippen LogP contribution in [0.15, 0.2) is 24.3 Å². The molecule has 15 heavy (non-hydrogen) atoms. The maximum Gasteiger partial charge on any atom is 0.307 e. The number of aliphatic carboxylic acids is 1. The van der Waals surface area contributed by atoms with Gasteiger partial charge in [-0.1, -0.05) is 36.8 Å². The van der Waals surface area contributed by atoms with Crippen LogP contribution in [0.4, 0.5) is 0 Å². The minimum Gasteiger partial charge on any atom is -0.481 e. The van der Waals surface area contributed by atoms with E-state index in [1.165, 1.54) is 11.1 Å². The van der Waals surface area contributed by atoms with Crippen LogP contribution in [-0.4, -0.2) is 17.6 Å². The Morgan fingerprint density at radius 3 is 2.53 bits per heavy atom. The second-order valence-electron chi connectivity index (χ2n) is 3.86. The fourth-order valence-electron chi connectivity index (χ4n) is 1.23. The molecule has 1 unspecified atom stereocenters. The average Bonchev–Trinajstić information content (AvgIpc) is 2.20. The van der Waals surface area contributed by atoms with Crippen LogP contribution in [0.1, 0.15) is 18.1 Å². The average molecular weight is 207 g/mol. The molecule has 0 aliphatic rings. The summed E-state index contributed by atoms with van der Waals surface area (Å²) in [7, 11) is 0. The van der Waals surface area contributed by atoms with E-state index in [1.807, 2.05) is 19.1 Å². The third-order valence-corrected chi connectivity index (χ3v) is 2.32. The highest BCUT2D eigenvalue weighted by Crippen LogP contribution is 2.02. The van der Waals surface area contributed by atoms with Gasteiger partial charge in [0, 0.05) is 13.1 Å². The Bertz CT molecular complexity index is 319. The zero-order valence-electron chi connectivity index (χ0n) is 9.16. The molecule has 2 N–H and O–H groups in total. The van der Waals surface area contributed by atoms with Gasteiger partial charge in [0.05, 0.1) is 5.92 Å². The molecule has 0 fully saturated rings. The van der Waals surface area contributed by atoms with Crippen LogP contribution in [0.5, 0.6) is 0 Å². The SMILES string of the molecule is Cc1ccc(CNCC(C)C(=O)O)cc1. The van der Waals surface area contributed by atoms with Crippen LogP contribution in [0.25, 0.3) is 0 Å². The summed E-state index contributed by atoms with van der Waals surface area (Å²) in [5.41, 5.74) is 2.41. The maximum absolute atomic E-state index is 10.5. The van der Waals surface area contributed by atoms with E-state index in [0.717, 1.165) is 6.54 Å². The van der Waals surface area contributed by atoms with E-state index in [4.69, 9.17) is 5.11 Å². The fourth-order valence-corrected chi connectivity index (χ4v) is 1.23. The van der Waals surface area contributed by atoms with E-state index in [-0.39, 0.29) is 5.92 Å². The lowest BCUT2D eigenvalue weighted by atomic mass is 10.1. The van der Waals surface area contributed by atoms with Gasteiger partial charge in [-0.15, -0.1) is 0 Å². The van der Waals surface area contributed by atoms with Gasteiger partial charge >= 0.3 is 5.97 Å². The van der Waals surface area contributed by atoms with Crippen molar-refractivity contribution in [2.24, 2.45) is 5.92 Å². The summed E-state index contributed by atoms with van der Waals surface area (Å²) in [5.74, 6) is -1.10. The molecule has 0 aliphatic carbocycles. The van der Waals surface area contributed by atoms with Crippen molar-refractivity contribution in [2.45, 2.75) is 20.4 Å². The van der Waals surface area contributed by atoms with Crippen LogP contribution in [0, 0.1) is 12.8 Å². The highest BCUT2D eigenvalue weighted by molar-refractivity contribution is 5.69. The molecule has 0 saturated carbocycles. The minimum absolute atomic E-state index is 0.338. The van der Waals surface area contributed by atoms with Crippen molar-refractivity contribution in [2.75, 3.05) is 6.54 Å². The van der Waals surface area contributed by atoms with Gasteiger partial charge in [-0.3, -0.25) is 4.79 Å². The maximum atomic E-state index is 10.5. The first-order chi connectivity index (χ1) is 7.09. The highest BCUT2D eigenvalue weighted by atomic mass is 16.4. The topological polar surface area (TPSA) is 49.3 Å². The van der Waals surface area contributed by atoms with E-state index in [1.54, 1.807) is 6.92 Å². The van der Waals surface area contributed by atoms with E-state index >= 15 is 0 Å². The van der Waals surface area contributed by atoms with E-state index in [2.05, 4.69) is 17.4 Å². The minimum atomic E-state index is -0.758. The van der Waals surface area contributed by atoms with Gasteiger partial charge in [-0.05, 0) is 12.5 Å². The molecule has 0 aromatic heterocycles. The van der Waals surface area contributed by atoms with Gasteiger partial charge in [0.25, 0.3) is 0 Å². The highest BCUT2D eigenvalue weighted by Gasteiger charge is 2.09. The van der Waals surface area contributed by atoms with Crippen LogP contribution < -0.4 is 5.32 Å². The molecule has 0 radical (unpaired) electrons. The van der Waals surface area contributed by atoms with Crippen molar-refractivity contribution in [3.63, 3.8) is 0 Å². The Hall–Kier alpha value is -1.35. The van der Waals surface area contributed by atoms with Crippen molar-refractivity contribution in [3.05, 3.63) is 35.4 Å². The van der Waals surface area contributed by atoms with E-state index < -0.39 is 5.97 Å². The summed E-state index contributed by atoms with van der Waals surface area (Å²) < 4.78 is 0. The number of aryl methyl sites for hydroxylation is 1. The molecule has 0 aliphatic heterocycles. The smallest absolute Gasteiger partial charge is 0.307 e. The number of hydrogen-bond acceptors (Lipinski definition) is 2. The van der Waals surface area contributed by atoms with Gasteiger partial charge < -0.3 is 10.4 Å². The molecule has 0 amide bonds. The standard InChI is InChI=1S/C12H17NO2/c1-9-3-5-11(6-4-9)8-13-7-10(2)12(14)15/h3-6,10,13H,7-8H2,1-2H3,(H,14,15). The molecule has 0 saturated heterocycles. The molecule has 0 heterocycles. The number of rotatable bonds is 5. The molecule has 1 rings (SSSR count). The predicted octanol–water partition coefficient (Wildman–Crippen LogP) is 1.81. The van der Waals surface area contributed by atoms with Crippen LogP contribution in [-0.2, 0) is 11.3 Å². The number of nitrogens with one attached hydrogen (secondary N) is 1. The third-order valence-electron chi connectivity index (χ3n) is 2.32. The second-order valence-corrected chi connectivity index (χ2v) is 3.86. The second kappa shape index (κ2) is 5.51. The summed E-state index contributed by atoms with van der Waals surface area (Å²) in [6.45, 7) is 4.97. The lowest BCUT2D eigenvalue weighted by Gasteiger charge is -2.08. The zero-order valence-corrected chi connectivity index (χ0v) is 9.16. The quantitative estimate of drug-likeness (QED) is 0.774. The van der Waals surface area contributed by atoms with Crippen molar-refractivity contribution >= 4 is 5.97 Å². The van der Waals surface area contributed by atoms with E-state index in [9.17, 15) is 4.79 Å². The molecule has 1 aromatic rings. The van der Waals surface area contributed by atoms with E-state index in [0.29, 0.717) is 6.54 Å². The number of benzene rings is 1. The van der Waals surface area contributed by atoms with Crippen LogP contribution >= 0.6 is 0 Å². The normalized spacial score (nSPS) is 12.4. The van der Waals surface area contributed by atoms with Crippen molar-refractivity contribution in [1.29, 1.82) is 0 Å². The molecule has 3 heteroatoms. The molecule has 1 aromatic carbocycles. The Morgan fingerprint density at radius 1 is 1.40 bits per heavy atom. The lowest BCUT2D eigenvalue weighted by molar-refractivity contribution is -0.140. The largest absolute Gasteiger partial charge is 0.481 e. The van der Waals surface area contributed by atoms with Crippen LogP contribution in [0.3, 0.4) is 0 Å². The summed E-state index contributed by atoms with van der Waals surface area (Å²) in [6.07, 6.45) is 0. The molecule has 3 nitrogen and oxygen atoms in total. The lowest BCUT2D eigenvalue weighted by Crippen LogP contribution is -2.25. The van der Waals surface area contributed by atoms with Gasteiger partial charge in [0.2, 0.25) is 0 Å². The molecular weight excluding hydrogens is 190 g/mol. The number of carboxylic acids is 1. The van der Waals surface area contributed by atoms with Crippen LogP contribution in [0.2, 0.25) is 0 Å². The third kappa shape index (κ3) is 4.13. The van der Waals surface area contributed by atoms with Crippen molar-refractivity contribution < 1.29 is 9.90 Å². The summed E-state index contributed by atoms with van der Waals surface area (Å²) in [6, 6.07) is 8.21. The number of hydrogen-bond donors (Lipinski definition) is 2. The van der Waals surface area contributed by atoms with Gasteiger partial charge in [0.1, 0.15) is 0 Å². The Balaban J connectivity index is 2.32. The van der Waals surface area contributed by atoms with Gasteiger partial charge in [-0.25, -0.2) is 0 Å². The van der Waals surface area contributed by atoms with Crippen molar-refractivity contribution in [3.8, 4) is 0 Å². The molecule has 82 valence electrons. The Labute approximate surface area is 90.1 Å². The monoisotopic (exact) mass is 207 g/mol. The first-order valence-corrected chi connectivity index (χ1v) is 5.08. The predicted molar refractivity (Wildman–Crippen MR) is 59.7 cm³/mol. The molecule has 1 atom stereocenters. The summed E-state index contributed by atoms with van der Waals surface area (Å²) >= 11 is 0. The van der Waals surface area contributed by atoms with Crippen molar-refractivity contribution in [1.82, 2.24) is 5.32 Å². The number of carbonyl (C=O) groups is 1. The fraction of sp³-hybridized carbons (Fsp3) is 0.417. The molecular formula is C12H17NO2. The summed E-state index contributed by atoms with van der Waals surface area (Å²) in [5, 5.41) is 11.8. The van der Waals surface area contributed by atoms with Gasteiger partial charge in [0.15, 0.2) is 0 Å². The molecule has 0 spiro atoms. The first-order valence-electron chi connectivity index (χ1n) is 5.08. The molecule has 0 bridgehead atoms. The Kier molecular flexibility index (Phi) is 4.31. The summed E-state index contributed by atoms with van der Waals surface area (Å²) in [4.78, 5) is 10.5. The first kappa shape index (κ1) is 11.7. The number of carboxylic acid groups (broad SMARTS) is 1. The Morgan fingerprint density at radius 2 is 2.00 bits per heavy atom. The van der Waals surface area contributed by atoms with Gasteiger partial charge in [-0.2, -0.15) is 0 Å².